The lowest BCUT2D eigenvalue weighted by Crippen LogP contribution is -2.30. The van der Waals surface area contributed by atoms with Crippen molar-refractivity contribution in [3.8, 4) is 5.88 Å². The molecule has 1 heterocycles. The van der Waals surface area contributed by atoms with Crippen LogP contribution in [0.1, 0.15) is 29.6 Å². The fourth-order valence-corrected chi connectivity index (χ4v) is 2.10. The van der Waals surface area contributed by atoms with Gasteiger partial charge in [0, 0.05) is 12.7 Å². The van der Waals surface area contributed by atoms with Crippen molar-refractivity contribution in [1.29, 1.82) is 0 Å². The van der Waals surface area contributed by atoms with E-state index in [2.05, 4.69) is 22.5 Å². The summed E-state index contributed by atoms with van der Waals surface area (Å²) in [4.78, 5) is 16.0. The third-order valence-corrected chi connectivity index (χ3v) is 3.14. The SMILES string of the molecule is COc1ncccc1C(=O)NCC1CC=CCC1. The van der Waals surface area contributed by atoms with Gasteiger partial charge in [-0.05, 0) is 37.3 Å². The van der Waals surface area contributed by atoms with Gasteiger partial charge in [0.05, 0.1) is 7.11 Å². The van der Waals surface area contributed by atoms with Gasteiger partial charge in [0.2, 0.25) is 5.88 Å². The normalized spacial score (nSPS) is 18.4. The molecule has 4 heteroatoms. The molecular weight excluding hydrogens is 228 g/mol. The molecule has 1 amide bonds. The summed E-state index contributed by atoms with van der Waals surface area (Å²) in [5.41, 5.74) is 0.492. The highest BCUT2D eigenvalue weighted by Crippen LogP contribution is 2.18. The van der Waals surface area contributed by atoms with Crippen LogP contribution in [-0.4, -0.2) is 24.5 Å². The van der Waals surface area contributed by atoms with Crippen LogP contribution in [0.25, 0.3) is 0 Å². The standard InChI is InChI=1S/C14H18N2O2/c1-18-14-12(8-5-9-15-14)13(17)16-10-11-6-3-2-4-7-11/h2-3,5,8-9,11H,4,6-7,10H2,1H3,(H,16,17). The summed E-state index contributed by atoms with van der Waals surface area (Å²) in [6.45, 7) is 0.710. The molecule has 0 radical (unpaired) electrons. The monoisotopic (exact) mass is 246 g/mol. The summed E-state index contributed by atoms with van der Waals surface area (Å²) in [5, 5.41) is 2.95. The number of nitrogens with zero attached hydrogens (tertiary/aromatic N) is 1. The van der Waals surface area contributed by atoms with Crippen molar-refractivity contribution in [3.05, 3.63) is 36.0 Å². The molecule has 2 rings (SSSR count). The zero-order valence-electron chi connectivity index (χ0n) is 10.6. The summed E-state index contributed by atoms with van der Waals surface area (Å²) in [5.74, 6) is 0.801. The second kappa shape index (κ2) is 6.19. The summed E-state index contributed by atoms with van der Waals surface area (Å²) in [6.07, 6.45) is 9.29. The molecule has 1 aromatic heterocycles. The lowest BCUT2D eigenvalue weighted by molar-refractivity contribution is 0.0942. The van der Waals surface area contributed by atoms with Crippen molar-refractivity contribution in [1.82, 2.24) is 10.3 Å². The Bertz CT molecular complexity index is 443. The second-order valence-electron chi connectivity index (χ2n) is 4.42. The van der Waals surface area contributed by atoms with E-state index >= 15 is 0 Å². The number of pyridine rings is 1. The highest BCUT2D eigenvalue weighted by Gasteiger charge is 2.15. The summed E-state index contributed by atoms with van der Waals surface area (Å²) in [6, 6.07) is 3.46. The maximum Gasteiger partial charge on any atom is 0.256 e. The molecule has 1 aromatic rings. The van der Waals surface area contributed by atoms with Crippen molar-refractivity contribution in [2.24, 2.45) is 5.92 Å². The molecule has 0 saturated heterocycles. The van der Waals surface area contributed by atoms with Crippen LogP contribution in [0.4, 0.5) is 0 Å². The Morgan fingerprint density at radius 2 is 2.44 bits per heavy atom. The fraction of sp³-hybridized carbons (Fsp3) is 0.429. The van der Waals surface area contributed by atoms with Crippen LogP contribution in [-0.2, 0) is 0 Å². The van der Waals surface area contributed by atoms with Gasteiger partial charge in [-0.25, -0.2) is 4.98 Å². The van der Waals surface area contributed by atoms with E-state index in [4.69, 9.17) is 4.74 Å². The van der Waals surface area contributed by atoms with Crippen LogP contribution in [0.3, 0.4) is 0 Å². The molecule has 0 saturated carbocycles. The number of carbonyl (C=O) groups is 1. The van der Waals surface area contributed by atoms with Crippen molar-refractivity contribution in [2.45, 2.75) is 19.3 Å². The molecule has 18 heavy (non-hydrogen) atoms. The minimum atomic E-state index is -0.116. The Balaban J connectivity index is 1.93. The Morgan fingerprint density at radius 1 is 1.56 bits per heavy atom. The zero-order chi connectivity index (χ0) is 12.8. The number of hydrogen-bond acceptors (Lipinski definition) is 3. The molecule has 4 nitrogen and oxygen atoms in total. The number of allylic oxidation sites excluding steroid dienone is 2. The van der Waals surface area contributed by atoms with E-state index in [9.17, 15) is 4.79 Å². The average Bonchev–Trinajstić information content (AvgIpc) is 2.45. The number of rotatable bonds is 4. The predicted molar refractivity (Wildman–Crippen MR) is 69.6 cm³/mol. The van der Waals surface area contributed by atoms with Gasteiger partial charge in [-0.1, -0.05) is 12.2 Å². The van der Waals surface area contributed by atoms with Gasteiger partial charge in [0.1, 0.15) is 5.56 Å². The predicted octanol–water partition coefficient (Wildman–Crippen LogP) is 2.18. The number of hydrogen-bond donors (Lipinski definition) is 1. The van der Waals surface area contributed by atoms with Crippen LogP contribution >= 0.6 is 0 Å². The van der Waals surface area contributed by atoms with Gasteiger partial charge in [0.25, 0.3) is 5.91 Å². The third-order valence-electron chi connectivity index (χ3n) is 3.14. The van der Waals surface area contributed by atoms with E-state index in [1.165, 1.54) is 7.11 Å². The molecule has 0 spiro atoms. The van der Waals surface area contributed by atoms with Crippen LogP contribution in [0.15, 0.2) is 30.5 Å². The van der Waals surface area contributed by atoms with Crippen LogP contribution in [0, 0.1) is 5.92 Å². The number of aromatic nitrogens is 1. The van der Waals surface area contributed by atoms with Gasteiger partial charge in [-0.15, -0.1) is 0 Å². The minimum absolute atomic E-state index is 0.116. The first-order valence-corrected chi connectivity index (χ1v) is 6.23. The molecule has 1 aliphatic carbocycles. The lowest BCUT2D eigenvalue weighted by atomic mass is 9.94. The average molecular weight is 246 g/mol. The van der Waals surface area contributed by atoms with Crippen molar-refractivity contribution < 1.29 is 9.53 Å². The van der Waals surface area contributed by atoms with Crippen molar-refractivity contribution in [2.75, 3.05) is 13.7 Å². The number of methoxy groups -OCH3 is 1. The third kappa shape index (κ3) is 3.09. The van der Waals surface area contributed by atoms with E-state index in [-0.39, 0.29) is 5.91 Å². The zero-order valence-corrected chi connectivity index (χ0v) is 10.6. The van der Waals surface area contributed by atoms with E-state index in [0.29, 0.717) is 23.9 Å². The molecule has 0 bridgehead atoms. The molecule has 1 N–H and O–H groups in total. The second-order valence-corrected chi connectivity index (χ2v) is 4.42. The Labute approximate surface area is 107 Å². The number of amides is 1. The molecule has 0 fully saturated rings. The Kier molecular flexibility index (Phi) is 4.34. The summed E-state index contributed by atoms with van der Waals surface area (Å²) < 4.78 is 5.08. The lowest BCUT2D eigenvalue weighted by Gasteiger charge is -2.18. The first kappa shape index (κ1) is 12.6. The van der Waals surface area contributed by atoms with E-state index < -0.39 is 0 Å². The molecule has 1 unspecified atom stereocenters. The van der Waals surface area contributed by atoms with Crippen LogP contribution in [0.2, 0.25) is 0 Å². The first-order valence-electron chi connectivity index (χ1n) is 6.23. The van der Waals surface area contributed by atoms with Gasteiger partial charge < -0.3 is 10.1 Å². The maximum absolute atomic E-state index is 12.0. The smallest absolute Gasteiger partial charge is 0.256 e. The highest BCUT2D eigenvalue weighted by molar-refractivity contribution is 5.96. The number of ether oxygens (including phenoxy) is 1. The van der Waals surface area contributed by atoms with E-state index in [1.54, 1.807) is 18.3 Å². The largest absolute Gasteiger partial charge is 0.480 e. The van der Waals surface area contributed by atoms with Gasteiger partial charge in [0.15, 0.2) is 0 Å². The van der Waals surface area contributed by atoms with Gasteiger partial charge >= 0.3 is 0 Å². The number of carbonyl (C=O) groups excluding carboxylic acids is 1. The fourth-order valence-electron chi connectivity index (χ4n) is 2.10. The maximum atomic E-state index is 12.0. The van der Waals surface area contributed by atoms with Crippen molar-refractivity contribution in [3.63, 3.8) is 0 Å². The molecule has 1 aliphatic rings. The molecule has 1 atom stereocenters. The molecular formula is C14H18N2O2. The number of nitrogens with one attached hydrogen (secondary N) is 1. The quantitative estimate of drug-likeness (QED) is 0.828. The first-order chi connectivity index (χ1) is 8.81. The van der Waals surface area contributed by atoms with Crippen LogP contribution < -0.4 is 10.1 Å². The topological polar surface area (TPSA) is 51.2 Å². The van der Waals surface area contributed by atoms with Gasteiger partial charge in [-0.2, -0.15) is 0 Å². The Hall–Kier alpha value is -1.84. The summed E-state index contributed by atoms with van der Waals surface area (Å²) >= 11 is 0. The highest BCUT2D eigenvalue weighted by atomic mass is 16.5. The Morgan fingerprint density at radius 3 is 3.17 bits per heavy atom. The summed E-state index contributed by atoms with van der Waals surface area (Å²) in [7, 11) is 1.52. The van der Waals surface area contributed by atoms with E-state index in [1.807, 2.05) is 0 Å². The molecule has 96 valence electrons. The van der Waals surface area contributed by atoms with Gasteiger partial charge in [-0.3, -0.25) is 4.79 Å². The van der Waals surface area contributed by atoms with Crippen molar-refractivity contribution >= 4 is 5.91 Å². The molecule has 0 aromatic carbocycles. The van der Waals surface area contributed by atoms with Crippen LogP contribution in [0.5, 0.6) is 5.88 Å². The molecule has 0 aliphatic heterocycles. The van der Waals surface area contributed by atoms with E-state index in [0.717, 1.165) is 19.3 Å². The minimum Gasteiger partial charge on any atom is -0.480 e.